The first-order valence-electron chi connectivity index (χ1n) is 7.63. The van der Waals surface area contributed by atoms with Gasteiger partial charge in [-0.05, 0) is 32.6 Å². The van der Waals surface area contributed by atoms with E-state index in [0.717, 1.165) is 6.42 Å². The molecule has 118 valence electrons. The highest BCUT2D eigenvalue weighted by atomic mass is 16.5. The number of hydrogen-bond acceptors (Lipinski definition) is 7. The Bertz CT molecular complexity index is 467. The van der Waals surface area contributed by atoms with Crippen LogP contribution in [0.2, 0.25) is 0 Å². The van der Waals surface area contributed by atoms with Gasteiger partial charge >= 0.3 is 6.01 Å². The normalized spacial score (nSPS) is 22.2. The molecule has 0 radical (unpaired) electrons. The van der Waals surface area contributed by atoms with Gasteiger partial charge in [0.25, 0.3) is 0 Å². The first kappa shape index (κ1) is 15.8. The van der Waals surface area contributed by atoms with Crippen LogP contribution in [-0.2, 0) is 0 Å². The summed E-state index contributed by atoms with van der Waals surface area (Å²) in [6, 6.07) is 0.747. The van der Waals surface area contributed by atoms with E-state index >= 15 is 0 Å². The standard InChI is InChI=1S/C14H26N6O/c1-9(2)21-14-17-12(19-15)16-13(18-14)20(4)11-8-6-5-7-10(11)3/h9-11H,5-8,15H2,1-4H3,(H,16,17,18,19). The molecule has 0 aromatic carbocycles. The molecular weight excluding hydrogens is 268 g/mol. The maximum atomic E-state index is 5.58. The Morgan fingerprint density at radius 3 is 2.57 bits per heavy atom. The van der Waals surface area contributed by atoms with E-state index < -0.39 is 0 Å². The van der Waals surface area contributed by atoms with Gasteiger partial charge in [0.1, 0.15) is 0 Å². The lowest BCUT2D eigenvalue weighted by Crippen LogP contribution is -2.40. The zero-order valence-electron chi connectivity index (χ0n) is 13.3. The Labute approximate surface area is 126 Å². The molecule has 1 heterocycles. The number of nitrogens with one attached hydrogen (secondary N) is 1. The molecule has 1 aromatic rings. The van der Waals surface area contributed by atoms with E-state index in [9.17, 15) is 0 Å². The van der Waals surface area contributed by atoms with Gasteiger partial charge in [0.15, 0.2) is 0 Å². The number of anilines is 2. The summed E-state index contributed by atoms with van der Waals surface area (Å²) in [6.45, 7) is 6.16. The van der Waals surface area contributed by atoms with Crippen LogP contribution in [0.5, 0.6) is 6.01 Å². The Morgan fingerprint density at radius 2 is 1.95 bits per heavy atom. The molecule has 1 aliphatic rings. The van der Waals surface area contributed by atoms with Gasteiger partial charge in [0.2, 0.25) is 11.9 Å². The average molecular weight is 294 g/mol. The number of hydrogen-bond donors (Lipinski definition) is 2. The highest BCUT2D eigenvalue weighted by molar-refractivity contribution is 5.38. The van der Waals surface area contributed by atoms with Crippen LogP contribution < -0.4 is 20.9 Å². The molecule has 21 heavy (non-hydrogen) atoms. The van der Waals surface area contributed by atoms with Gasteiger partial charge < -0.3 is 9.64 Å². The van der Waals surface area contributed by atoms with E-state index in [4.69, 9.17) is 10.6 Å². The van der Waals surface area contributed by atoms with E-state index in [1.165, 1.54) is 19.3 Å². The van der Waals surface area contributed by atoms with Crippen LogP contribution in [-0.4, -0.2) is 34.1 Å². The molecular formula is C14H26N6O. The van der Waals surface area contributed by atoms with E-state index in [-0.39, 0.29) is 6.10 Å². The fraction of sp³-hybridized carbons (Fsp3) is 0.786. The maximum absolute atomic E-state index is 5.58. The molecule has 1 fully saturated rings. The Morgan fingerprint density at radius 1 is 1.24 bits per heavy atom. The van der Waals surface area contributed by atoms with Gasteiger partial charge in [-0.15, -0.1) is 0 Å². The molecule has 0 amide bonds. The Balaban J connectivity index is 2.24. The highest BCUT2D eigenvalue weighted by Crippen LogP contribution is 2.29. The summed E-state index contributed by atoms with van der Waals surface area (Å²) in [5.41, 5.74) is 2.48. The maximum Gasteiger partial charge on any atom is 0.323 e. The summed E-state index contributed by atoms with van der Waals surface area (Å²) in [5, 5.41) is 0. The third-order valence-corrected chi connectivity index (χ3v) is 3.95. The van der Waals surface area contributed by atoms with Crippen LogP contribution in [0.4, 0.5) is 11.9 Å². The van der Waals surface area contributed by atoms with Crippen molar-refractivity contribution < 1.29 is 4.74 Å². The van der Waals surface area contributed by atoms with Gasteiger partial charge in [-0.1, -0.05) is 19.8 Å². The molecule has 2 atom stereocenters. The van der Waals surface area contributed by atoms with Crippen molar-refractivity contribution in [2.24, 2.45) is 11.8 Å². The van der Waals surface area contributed by atoms with Crippen molar-refractivity contribution in [1.29, 1.82) is 0 Å². The van der Waals surface area contributed by atoms with Crippen LogP contribution in [0.15, 0.2) is 0 Å². The molecule has 0 spiro atoms. The highest BCUT2D eigenvalue weighted by Gasteiger charge is 2.27. The molecule has 1 aliphatic carbocycles. The first-order valence-corrected chi connectivity index (χ1v) is 7.63. The number of rotatable bonds is 5. The lowest BCUT2D eigenvalue weighted by atomic mass is 9.85. The second-order valence-corrected chi connectivity index (χ2v) is 5.99. The molecule has 1 aromatic heterocycles. The van der Waals surface area contributed by atoms with E-state index in [1.807, 2.05) is 20.9 Å². The van der Waals surface area contributed by atoms with Crippen LogP contribution in [0.25, 0.3) is 0 Å². The molecule has 1 saturated carbocycles. The van der Waals surface area contributed by atoms with E-state index in [2.05, 4.69) is 32.2 Å². The Hall–Kier alpha value is -1.63. The van der Waals surface area contributed by atoms with Crippen LogP contribution in [0.1, 0.15) is 46.5 Å². The fourth-order valence-corrected chi connectivity index (χ4v) is 2.85. The second-order valence-electron chi connectivity index (χ2n) is 5.99. The lowest BCUT2D eigenvalue weighted by Gasteiger charge is -2.36. The van der Waals surface area contributed by atoms with E-state index in [1.54, 1.807) is 0 Å². The molecule has 2 rings (SSSR count). The van der Waals surface area contributed by atoms with Crippen LogP contribution in [0.3, 0.4) is 0 Å². The molecule has 0 saturated heterocycles. The number of aromatic nitrogens is 3. The fourth-order valence-electron chi connectivity index (χ4n) is 2.85. The first-order chi connectivity index (χ1) is 10.0. The monoisotopic (exact) mass is 294 g/mol. The van der Waals surface area contributed by atoms with Crippen molar-refractivity contribution in [3.8, 4) is 6.01 Å². The number of nitrogen functional groups attached to an aromatic ring is 1. The minimum atomic E-state index is 0.00443. The quantitative estimate of drug-likeness (QED) is 0.633. The predicted octanol–water partition coefficient (Wildman–Crippen LogP) is 1.96. The molecule has 0 bridgehead atoms. The van der Waals surface area contributed by atoms with Crippen LogP contribution >= 0.6 is 0 Å². The van der Waals surface area contributed by atoms with Crippen LogP contribution in [0, 0.1) is 5.92 Å². The zero-order chi connectivity index (χ0) is 15.4. The molecule has 2 unspecified atom stereocenters. The van der Waals surface area contributed by atoms with Gasteiger partial charge in [0, 0.05) is 13.1 Å². The number of ether oxygens (including phenoxy) is 1. The minimum absolute atomic E-state index is 0.00443. The van der Waals surface area contributed by atoms with Crippen molar-refractivity contribution in [2.75, 3.05) is 17.4 Å². The SMILES string of the molecule is CC(C)Oc1nc(NN)nc(N(C)C2CCCCC2C)n1. The lowest BCUT2D eigenvalue weighted by molar-refractivity contribution is 0.221. The molecule has 3 N–H and O–H groups in total. The van der Waals surface area contributed by atoms with Crippen molar-refractivity contribution in [2.45, 2.75) is 58.6 Å². The summed E-state index contributed by atoms with van der Waals surface area (Å²) < 4.78 is 5.58. The summed E-state index contributed by atoms with van der Waals surface area (Å²) in [4.78, 5) is 15.0. The third-order valence-electron chi connectivity index (χ3n) is 3.95. The average Bonchev–Trinajstić information content (AvgIpc) is 2.46. The van der Waals surface area contributed by atoms with Crippen molar-refractivity contribution >= 4 is 11.9 Å². The predicted molar refractivity (Wildman–Crippen MR) is 83.2 cm³/mol. The van der Waals surface area contributed by atoms with Gasteiger partial charge in [-0.2, -0.15) is 15.0 Å². The smallest absolute Gasteiger partial charge is 0.323 e. The topological polar surface area (TPSA) is 89.2 Å². The third kappa shape index (κ3) is 3.93. The second kappa shape index (κ2) is 6.89. The van der Waals surface area contributed by atoms with Gasteiger partial charge in [-0.25, -0.2) is 5.84 Å². The number of nitrogens with two attached hydrogens (primary N) is 1. The van der Waals surface area contributed by atoms with Crippen molar-refractivity contribution in [3.63, 3.8) is 0 Å². The summed E-state index contributed by atoms with van der Waals surface area (Å²) >= 11 is 0. The number of nitrogens with zero attached hydrogens (tertiary/aromatic N) is 4. The summed E-state index contributed by atoms with van der Waals surface area (Å²) in [5.74, 6) is 7.01. The largest absolute Gasteiger partial charge is 0.461 e. The molecule has 0 aliphatic heterocycles. The van der Waals surface area contributed by atoms with Crippen molar-refractivity contribution in [1.82, 2.24) is 15.0 Å². The van der Waals surface area contributed by atoms with E-state index in [0.29, 0.717) is 29.9 Å². The summed E-state index contributed by atoms with van der Waals surface area (Å²) in [6.07, 6.45) is 4.97. The molecule has 7 heteroatoms. The minimum Gasteiger partial charge on any atom is -0.461 e. The van der Waals surface area contributed by atoms with Gasteiger partial charge in [0.05, 0.1) is 6.10 Å². The van der Waals surface area contributed by atoms with Gasteiger partial charge in [-0.3, -0.25) is 5.43 Å². The number of hydrazine groups is 1. The summed E-state index contributed by atoms with van der Waals surface area (Å²) in [7, 11) is 2.03. The zero-order valence-corrected chi connectivity index (χ0v) is 13.3. The molecule has 7 nitrogen and oxygen atoms in total. The Kier molecular flexibility index (Phi) is 5.17. The van der Waals surface area contributed by atoms with Crippen molar-refractivity contribution in [3.05, 3.63) is 0 Å².